The van der Waals surface area contributed by atoms with Crippen molar-refractivity contribution in [2.75, 3.05) is 19.5 Å². The Labute approximate surface area is 105 Å². The molecule has 0 bridgehead atoms. The minimum atomic E-state index is -0.112. The summed E-state index contributed by atoms with van der Waals surface area (Å²) in [6.45, 7) is 0.795. The molecular formula is C11H17N5O2. The zero-order valence-corrected chi connectivity index (χ0v) is 10.3. The second-order valence-corrected chi connectivity index (χ2v) is 4.05. The molecule has 2 aromatic heterocycles. The first kappa shape index (κ1) is 12.7. The molecule has 0 aliphatic carbocycles. The molecule has 7 nitrogen and oxygen atoms in total. The van der Waals surface area contributed by atoms with E-state index in [4.69, 9.17) is 15.6 Å². The average molecular weight is 251 g/mol. The molecule has 1 atom stereocenters. The van der Waals surface area contributed by atoms with Crippen molar-refractivity contribution >= 4 is 17.0 Å². The summed E-state index contributed by atoms with van der Waals surface area (Å²) in [6.07, 6.45) is 4.68. The maximum atomic E-state index is 9.01. The Bertz CT molecular complexity index is 509. The fourth-order valence-corrected chi connectivity index (χ4v) is 1.84. The van der Waals surface area contributed by atoms with Gasteiger partial charge in [0.25, 0.3) is 0 Å². The van der Waals surface area contributed by atoms with Gasteiger partial charge in [-0.2, -0.15) is 0 Å². The number of ether oxygens (including phenoxy) is 1. The highest BCUT2D eigenvalue weighted by atomic mass is 16.5. The van der Waals surface area contributed by atoms with Crippen LogP contribution in [-0.4, -0.2) is 44.4 Å². The van der Waals surface area contributed by atoms with E-state index in [-0.39, 0.29) is 12.7 Å². The Morgan fingerprint density at radius 3 is 3.00 bits per heavy atom. The van der Waals surface area contributed by atoms with Crippen molar-refractivity contribution in [3.05, 3.63) is 12.7 Å². The molecule has 1 unspecified atom stereocenters. The maximum Gasteiger partial charge on any atom is 0.165 e. The van der Waals surface area contributed by atoms with Gasteiger partial charge in [-0.25, -0.2) is 15.0 Å². The van der Waals surface area contributed by atoms with Crippen molar-refractivity contribution in [3.63, 3.8) is 0 Å². The zero-order chi connectivity index (χ0) is 13.0. The third-order valence-corrected chi connectivity index (χ3v) is 2.89. The molecule has 18 heavy (non-hydrogen) atoms. The van der Waals surface area contributed by atoms with Gasteiger partial charge in [-0.1, -0.05) is 0 Å². The average Bonchev–Trinajstić information content (AvgIpc) is 2.80. The van der Waals surface area contributed by atoms with Gasteiger partial charge in [0.15, 0.2) is 11.5 Å². The standard InChI is InChI=1S/C11H17N5O2/c1-18-8(5-17)3-2-4-16-7-15-9-10(12)13-6-14-11(9)16/h6-8,17H,2-5H2,1H3,(H2,12,13,14). The molecule has 3 N–H and O–H groups in total. The Morgan fingerprint density at radius 2 is 2.28 bits per heavy atom. The van der Waals surface area contributed by atoms with Gasteiger partial charge in [-0.15, -0.1) is 0 Å². The summed E-state index contributed by atoms with van der Waals surface area (Å²) in [5.41, 5.74) is 7.07. The molecule has 0 aliphatic rings. The minimum absolute atomic E-state index is 0.0380. The zero-order valence-electron chi connectivity index (χ0n) is 10.3. The summed E-state index contributed by atoms with van der Waals surface area (Å²) in [6, 6.07) is 0. The van der Waals surface area contributed by atoms with Gasteiger partial charge in [0, 0.05) is 13.7 Å². The number of nitrogens with two attached hydrogens (primary N) is 1. The normalized spacial score (nSPS) is 13.0. The van der Waals surface area contributed by atoms with Crippen molar-refractivity contribution in [2.45, 2.75) is 25.5 Å². The lowest BCUT2D eigenvalue weighted by atomic mass is 10.2. The fourth-order valence-electron chi connectivity index (χ4n) is 1.84. The first-order valence-corrected chi connectivity index (χ1v) is 5.81. The van der Waals surface area contributed by atoms with Crippen molar-refractivity contribution < 1.29 is 9.84 Å². The minimum Gasteiger partial charge on any atom is -0.394 e. The number of fused-ring (bicyclic) bond motifs is 1. The van der Waals surface area contributed by atoms with Gasteiger partial charge < -0.3 is 20.1 Å². The molecule has 0 aliphatic heterocycles. The van der Waals surface area contributed by atoms with Crippen LogP contribution in [0, 0.1) is 0 Å². The molecule has 0 radical (unpaired) electrons. The number of aryl methyl sites for hydroxylation is 1. The third-order valence-electron chi connectivity index (χ3n) is 2.89. The van der Waals surface area contributed by atoms with Crippen molar-refractivity contribution in [1.29, 1.82) is 0 Å². The van der Waals surface area contributed by atoms with Crippen LogP contribution in [-0.2, 0) is 11.3 Å². The number of imidazole rings is 1. The summed E-state index contributed by atoms with van der Waals surface area (Å²) >= 11 is 0. The van der Waals surface area contributed by atoms with E-state index >= 15 is 0 Å². The monoisotopic (exact) mass is 251 g/mol. The van der Waals surface area contributed by atoms with E-state index in [1.807, 2.05) is 4.57 Å². The van der Waals surface area contributed by atoms with Crippen LogP contribution in [0.2, 0.25) is 0 Å². The number of hydrogen-bond acceptors (Lipinski definition) is 6. The van der Waals surface area contributed by atoms with E-state index in [1.54, 1.807) is 13.4 Å². The van der Waals surface area contributed by atoms with Crippen LogP contribution in [0.1, 0.15) is 12.8 Å². The smallest absolute Gasteiger partial charge is 0.165 e. The van der Waals surface area contributed by atoms with Crippen LogP contribution in [0.3, 0.4) is 0 Å². The molecule has 0 spiro atoms. The van der Waals surface area contributed by atoms with Crippen molar-refractivity contribution in [2.24, 2.45) is 0 Å². The Hall–Kier alpha value is -1.73. The predicted octanol–water partition coefficient (Wildman–Crippen LogP) is 0.196. The quantitative estimate of drug-likeness (QED) is 0.760. The van der Waals surface area contributed by atoms with Crippen LogP contribution < -0.4 is 5.73 Å². The topological polar surface area (TPSA) is 99.1 Å². The molecular weight excluding hydrogens is 234 g/mol. The van der Waals surface area contributed by atoms with Crippen LogP contribution in [0.25, 0.3) is 11.2 Å². The highest BCUT2D eigenvalue weighted by Crippen LogP contribution is 2.15. The number of nitrogen functional groups attached to an aromatic ring is 1. The van der Waals surface area contributed by atoms with Gasteiger partial charge in [0.2, 0.25) is 0 Å². The van der Waals surface area contributed by atoms with Gasteiger partial charge in [0.05, 0.1) is 19.0 Å². The van der Waals surface area contributed by atoms with Crippen LogP contribution in [0.4, 0.5) is 5.82 Å². The summed E-state index contributed by atoms with van der Waals surface area (Å²) in [5.74, 6) is 0.392. The summed E-state index contributed by atoms with van der Waals surface area (Å²) < 4.78 is 7.03. The molecule has 0 fully saturated rings. The fraction of sp³-hybridized carbons (Fsp3) is 0.545. The lowest BCUT2D eigenvalue weighted by Gasteiger charge is -2.11. The van der Waals surface area contributed by atoms with Crippen LogP contribution >= 0.6 is 0 Å². The number of rotatable bonds is 6. The molecule has 0 saturated heterocycles. The molecule has 2 aromatic rings. The van der Waals surface area contributed by atoms with E-state index < -0.39 is 0 Å². The van der Waals surface area contributed by atoms with E-state index in [1.165, 1.54) is 6.33 Å². The largest absolute Gasteiger partial charge is 0.394 e. The van der Waals surface area contributed by atoms with Gasteiger partial charge in [0.1, 0.15) is 11.8 Å². The highest BCUT2D eigenvalue weighted by Gasteiger charge is 2.09. The number of aliphatic hydroxyl groups excluding tert-OH is 1. The summed E-state index contributed by atoms with van der Waals surface area (Å²) in [5, 5.41) is 9.01. The predicted molar refractivity (Wildman–Crippen MR) is 66.9 cm³/mol. The Morgan fingerprint density at radius 1 is 1.44 bits per heavy atom. The lowest BCUT2D eigenvalue weighted by Crippen LogP contribution is -2.16. The van der Waals surface area contributed by atoms with Gasteiger partial charge in [-0.3, -0.25) is 0 Å². The van der Waals surface area contributed by atoms with Crippen LogP contribution in [0.5, 0.6) is 0 Å². The number of methoxy groups -OCH3 is 1. The van der Waals surface area contributed by atoms with Crippen molar-refractivity contribution in [1.82, 2.24) is 19.5 Å². The number of aromatic nitrogens is 4. The summed E-state index contributed by atoms with van der Waals surface area (Å²) in [4.78, 5) is 12.3. The number of nitrogens with zero attached hydrogens (tertiary/aromatic N) is 4. The molecule has 0 aromatic carbocycles. The van der Waals surface area contributed by atoms with Gasteiger partial charge in [-0.05, 0) is 12.8 Å². The maximum absolute atomic E-state index is 9.01. The Kier molecular flexibility index (Phi) is 4.06. The second-order valence-electron chi connectivity index (χ2n) is 4.05. The second kappa shape index (κ2) is 5.74. The number of aliphatic hydroxyl groups is 1. The highest BCUT2D eigenvalue weighted by molar-refractivity contribution is 5.80. The molecule has 0 amide bonds. The van der Waals surface area contributed by atoms with Gasteiger partial charge >= 0.3 is 0 Å². The van der Waals surface area contributed by atoms with Crippen molar-refractivity contribution in [3.8, 4) is 0 Å². The molecule has 7 heteroatoms. The first-order chi connectivity index (χ1) is 8.76. The van der Waals surface area contributed by atoms with E-state index in [9.17, 15) is 0 Å². The first-order valence-electron chi connectivity index (χ1n) is 5.81. The molecule has 2 heterocycles. The molecule has 98 valence electrons. The number of anilines is 1. The molecule has 0 saturated carbocycles. The number of hydrogen-bond donors (Lipinski definition) is 2. The van der Waals surface area contributed by atoms with E-state index in [0.717, 1.165) is 25.0 Å². The lowest BCUT2D eigenvalue weighted by molar-refractivity contribution is 0.0412. The SMILES string of the molecule is COC(CO)CCCn1cnc2c(N)ncnc21. The van der Waals surface area contributed by atoms with Crippen LogP contribution in [0.15, 0.2) is 12.7 Å². The molecule has 2 rings (SSSR count). The summed E-state index contributed by atoms with van der Waals surface area (Å²) in [7, 11) is 1.60. The third kappa shape index (κ3) is 2.57. The Balaban J connectivity index is 2.02. The van der Waals surface area contributed by atoms with E-state index in [2.05, 4.69) is 15.0 Å². The van der Waals surface area contributed by atoms with E-state index in [0.29, 0.717) is 11.3 Å².